The fraction of sp³-hybridized carbons (Fsp3) is 0.655. The van der Waals surface area contributed by atoms with Crippen molar-refractivity contribution in [1.82, 2.24) is 5.32 Å². The fourth-order valence-corrected chi connectivity index (χ4v) is 11.8. The molecule has 0 radical (unpaired) electrons. The minimum absolute atomic E-state index is 0.168. The zero-order chi connectivity index (χ0) is 74.6. The van der Waals surface area contributed by atoms with Crippen LogP contribution in [0.1, 0.15) is 219 Å². The summed E-state index contributed by atoms with van der Waals surface area (Å²) < 4.78 is 34.3. The predicted octanol–water partition coefficient (Wildman–Crippen LogP) is 12.6. The first-order valence-corrected chi connectivity index (χ1v) is 38.9. The molecule has 0 saturated carbocycles. The molecule has 19 heteroatoms. The maximum Gasteiger partial charge on any atom is 0.220 e. The number of allylic oxidation sites excluding steroid dienone is 27. The van der Waals surface area contributed by atoms with E-state index in [1.165, 1.54) is 77.0 Å². The molecule has 3 aliphatic heterocycles. The van der Waals surface area contributed by atoms with Crippen molar-refractivity contribution in [2.45, 2.75) is 324 Å². The van der Waals surface area contributed by atoms with Gasteiger partial charge in [-0.3, -0.25) is 4.79 Å². The van der Waals surface area contributed by atoms with Gasteiger partial charge in [0.1, 0.15) is 73.2 Å². The molecule has 3 saturated heterocycles. The molecule has 17 atom stereocenters. The number of hydrogen-bond acceptors (Lipinski definition) is 18. The Morgan fingerprint density at radius 1 is 0.359 bits per heavy atom. The zero-order valence-corrected chi connectivity index (χ0v) is 62.2. The lowest BCUT2D eigenvalue weighted by Gasteiger charge is -2.48. The Bertz CT molecular complexity index is 2530. The van der Waals surface area contributed by atoms with Crippen molar-refractivity contribution in [3.05, 3.63) is 170 Å². The molecule has 0 aliphatic carbocycles. The summed E-state index contributed by atoms with van der Waals surface area (Å²) in [4.78, 5) is 13.4. The molecule has 0 aromatic heterocycles. The fourth-order valence-electron chi connectivity index (χ4n) is 11.8. The minimum atomic E-state index is -1.99. The number of aliphatic hydroxyl groups is 11. The van der Waals surface area contributed by atoms with Crippen LogP contribution in [0.2, 0.25) is 0 Å². The number of carbonyl (C=O) groups excluding carboxylic acids is 1. The van der Waals surface area contributed by atoms with Crippen molar-refractivity contribution < 1.29 is 89.4 Å². The van der Waals surface area contributed by atoms with Gasteiger partial charge in [-0.2, -0.15) is 0 Å². The number of aliphatic hydroxyl groups excluding tert-OH is 11. The summed E-state index contributed by atoms with van der Waals surface area (Å²) in [5.74, 6) is -0.334. The molecule has 3 fully saturated rings. The van der Waals surface area contributed by atoms with Gasteiger partial charge in [0.15, 0.2) is 18.9 Å². The van der Waals surface area contributed by atoms with Gasteiger partial charge in [0.05, 0.1) is 38.6 Å². The Hall–Kier alpha value is -4.85. The summed E-state index contributed by atoms with van der Waals surface area (Å²) in [6.45, 7) is 1.55. The van der Waals surface area contributed by atoms with Crippen LogP contribution in [-0.4, -0.2) is 193 Å². The van der Waals surface area contributed by atoms with E-state index >= 15 is 0 Å². The maximum absolute atomic E-state index is 13.4. The van der Waals surface area contributed by atoms with Crippen molar-refractivity contribution in [2.24, 2.45) is 0 Å². The molecule has 103 heavy (non-hydrogen) atoms. The van der Waals surface area contributed by atoms with E-state index in [9.17, 15) is 61.0 Å². The van der Waals surface area contributed by atoms with E-state index in [0.717, 1.165) is 109 Å². The van der Waals surface area contributed by atoms with Crippen molar-refractivity contribution in [1.29, 1.82) is 0 Å². The first kappa shape index (κ1) is 92.4. The third-order valence-electron chi connectivity index (χ3n) is 18.0. The second-order valence-corrected chi connectivity index (χ2v) is 26.7. The molecule has 3 heterocycles. The summed E-state index contributed by atoms with van der Waals surface area (Å²) in [6.07, 6.45) is 66.2. The van der Waals surface area contributed by atoms with Gasteiger partial charge in [-0.25, -0.2) is 0 Å². The normalized spacial score (nSPS) is 27.0. The van der Waals surface area contributed by atoms with Crippen LogP contribution in [0.25, 0.3) is 0 Å². The predicted molar refractivity (Wildman–Crippen MR) is 410 cm³/mol. The van der Waals surface area contributed by atoms with Crippen LogP contribution < -0.4 is 5.32 Å². The molecule has 12 N–H and O–H groups in total. The van der Waals surface area contributed by atoms with Gasteiger partial charge in [0.2, 0.25) is 5.91 Å². The molecular formula is C84H135NO18. The lowest BCUT2D eigenvalue weighted by Crippen LogP contribution is -2.66. The Labute approximate surface area is 617 Å². The molecule has 0 bridgehead atoms. The summed E-state index contributed by atoms with van der Waals surface area (Å²) in [5, 5.41) is 121. The Kier molecular flexibility index (Phi) is 55.8. The van der Waals surface area contributed by atoms with E-state index in [0.29, 0.717) is 12.8 Å². The van der Waals surface area contributed by atoms with Gasteiger partial charge in [0, 0.05) is 6.42 Å². The zero-order valence-electron chi connectivity index (χ0n) is 62.2. The van der Waals surface area contributed by atoms with Crippen LogP contribution in [0.4, 0.5) is 0 Å². The highest BCUT2D eigenvalue weighted by atomic mass is 16.8. The molecule has 0 spiro atoms. The van der Waals surface area contributed by atoms with Crippen LogP contribution in [0, 0.1) is 0 Å². The van der Waals surface area contributed by atoms with Gasteiger partial charge in [-0.05, 0) is 122 Å². The second kappa shape index (κ2) is 62.2. The lowest BCUT2D eigenvalue weighted by molar-refractivity contribution is -0.379. The molecule has 3 rings (SSSR count). The third-order valence-corrected chi connectivity index (χ3v) is 18.0. The Morgan fingerprint density at radius 3 is 1.09 bits per heavy atom. The van der Waals surface area contributed by atoms with Gasteiger partial charge in [-0.1, -0.05) is 261 Å². The summed E-state index contributed by atoms with van der Waals surface area (Å²) in [7, 11) is 0. The number of nitrogens with one attached hydrogen (secondary N) is 1. The van der Waals surface area contributed by atoms with Crippen LogP contribution >= 0.6 is 0 Å². The quantitative estimate of drug-likeness (QED) is 0.0199. The Balaban J connectivity index is 1.40. The average molecular weight is 1450 g/mol. The number of rotatable bonds is 58. The van der Waals surface area contributed by atoms with Gasteiger partial charge >= 0.3 is 0 Å². The van der Waals surface area contributed by atoms with E-state index in [2.05, 4.69) is 177 Å². The number of unbranched alkanes of at least 4 members (excludes halogenated alkanes) is 16. The van der Waals surface area contributed by atoms with Gasteiger partial charge in [0.25, 0.3) is 0 Å². The highest BCUT2D eigenvalue weighted by Crippen LogP contribution is 2.33. The smallest absolute Gasteiger partial charge is 0.220 e. The first-order valence-electron chi connectivity index (χ1n) is 38.9. The lowest BCUT2D eigenvalue weighted by atomic mass is 9.96. The molecule has 584 valence electrons. The second-order valence-electron chi connectivity index (χ2n) is 26.7. The molecular weight excluding hydrogens is 1310 g/mol. The van der Waals surface area contributed by atoms with E-state index in [4.69, 9.17) is 28.4 Å². The topological polar surface area (TPSA) is 307 Å². The number of ether oxygens (including phenoxy) is 6. The third kappa shape index (κ3) is 42.3. The number of hydrogen-bond donors (Lipinski definition) is 12. The molecule has 1 amide bonds. The van der Waals surface area contributed by atoms with Crippen molar-refractivity contribution in [2.75, 3.05) is 26.4 Å². The van der Waals surface area contributed by atoms with Crippen LogP contribution in [0.3, 0.4) is 0 Å². The average Bonchev–Trinajstić information content (AvgIpc) is 0.781. The monoisotopic (exact) mass is 1450 g/mol. The first-order chi connectivity index (χ1) is 50.3. The van der Waals surface area contributed by atoms with Crippen molar-refractivity contribution in [3.63, 3.8) is 0 Å². The highest BCUT2D eigenvalue weighted by Gasteiger charge is 2.53. The maximum atomic E-state index is 13.4. The van der Waals surface area contributed by atoms with E-state index in [-0.39, 0.29) is 12.3 Å². The molecule has 0 aromatic rings. The van der Waals surface area contributed by atoms with Gasteiger partial charge < -0.3 is 89.9 Å². The van der Waals surface area contributed by atoms with Crippen LogP contribution in [-0.2, 0) is 33.2 Å². The summed E-state index contributed by atoms with van der Waals surface area (Å²) in [6, 6.07) is -1.03. The molecule has 19 nitrogen and oxygen atoms in total. The standard InChI is InChI=1S/C84H135NO18/c1-3-5-7-9-11-13-15-17-19-21-23-24-25-26-27-28-29-30-31-32-33-34-35-36-37-38-39-40-41-42-44-46-48-50-52-54-56-58-60-62-72(90)85-67(68(89)61-59-57-55-53-51-49-47-45-43-22-20-18-16-14-12-10-8-6-4-2)66-98-82-78(96)75(93)80(70(64-87)100-82)103-84-79(97)76(94)81(71(65-88)101-84)102-83-77(95)74(92)73(91)69(63-86)99-83/h5,7,11,13,17,19,23-24,26-27,29-30,32-33,35-36,38-39,41-42,46,48,51-54,59,61,67-71,73-84,86-89,91-97H,3-4,6,8-10,12,14-16,18,20-22,25,28,31,34,37,40,43-45,47,49-50,55-58,60,62-66H2,1-2H3,(H,85,90)/b7-5-,13-11-,19-17-,24-23-,27-26-,30-29-,33-32-,36-35-,39-38-,42-41-,48-46-,53-51+,54-52-,61-59+. The van der Waals surface area contributed by atoms with Crippen molar-refractivity contribution >= 4 is 5.91 Å². The van der Waals surface area contributed by atoms with E-state index < -0.39 is 131 Å². The largest absolute Gasteiger partial charge is 0.394 e. The minimum Gasteiger partial charge on any atom is -0.394 e. The molecule has 0 aromatic carbocycles. The molecule has 3 aliphatic rings. The van der Waals surface area contributed by atoms with Crippen molar-refractivity contribution in [3.8, 4) is 0 Å². The van der Waals surface area contributed by atoms with E-state index in [1.54, 1.807) is 6.08 Å². The van der Waals surface area contributed by atoms with Crippen LogP contribution in [0.15, 0.2) is 170 Å². The van der Waals surface area contributed by atoms with Gasteiger partial charge in [-0.15, -0.1) is 0 Å². The highest BCUT2D eigenvalue weighted by molar-refractivity contribution is 5.76. The summed E-state index contributed by atoms with van der Waals surface area (Å²) in [5.41, 5.74) is 0. The van der Waals surface area contributed by atoms with Crippen LogP contribution in [0.5, 0.6) is 0 Å². The summed E-state index contributed by atoms with van der Waals surface area (Å²) >= 11 is 0. The van der Waals surface area contributed by atoms with E-state index in [1.807, 2.05) is 6.08 Å². The Morgan fingerprint density at radius 2 is 0.680 bits per heavy atom. The SMILES string of the molecule is CC/C=C\C/C=C\C/C=C\C/C=C\C/C=C\C/C=C\C/C=C\C/C=C\C/C=C\C/C=C\C/C=C\C/C=C\CCCCC(=O)NC(COC1OC(CO)C(OC2OC(CO)C(OC3OC(CO)C(O)C(O)C3O)C(O)C2O)C(O)C1O)C(O)/C=C/CC/C=C/CCCCCCCCCCCCCCC. The molecule has 17 unspecified atom stereocenters. The number of amides is 1. The number of carbonyl (C=O) groups is 1.